The highest BCUT2D eigenvalue weighted by Crippen LogP contribution is 2.25. The lowest BCUT2D eigenvalue weighted by Gasteiger charge is -2.17. The van der Waals surface area contributed by atoms with Crippen molar-refractivity contribution in [3.05, 3.63) is 63.7 Å². The number of aryl methyl sites for hydroxylation is 1. The van der Waals surface area contributed by atoms with Gasteiger partial charge >= 0.3 is 0 Å². The first-order valence-electron chi connectivity index (χ1n) is 7.10. The van der Waals surface area contributed by atoms with Crippen molar-refractivity contribution in [2.75, 3.05) is 14.2 Å². The number of methoxy groups -OCH3 is 1. The standard InChI is InChI=1S/C16H18N2O5S/c1-12-7-8-15(10-16(12)18(19)20)24(21,22)17(2)11-13-5-4-6-14(9-13)23-3/h4-10H,11H2,1-3H3. The molecule has 0 amide bonds. The molecular weight excluding hydrogens is 332 g/mol. The Morgan fingerprint density at radius 1 is 1.21 bits per heavy atom. The minimum Gasteiger partial charge on any atom is -0.497 e. The maximum absolute atomic E-state index is 12.6. The van der Waals surface area contributed by atoms with Gasteiger partial charge in [0, 0.05) is 25.2 Å². The molecule has 24 heavy (non-hydrogen) atoms. The number of rotatable bonds is 6. The fraction of sp³-hybridized carbons (Fsp3) is 0.250. The predicted octanol–water partition coefficient (Wildman–Crippen LogP) is 2.73. The van der Waals surface area contributed by atoms with E-state index in [2.05, 4.69) is 0 Å². The van der Waals surface area contributed by atoms with E-state index in [1.807, 2.05) is 0 Å². The van der Waals surface area contributed by atoms with E-state index in [4.69, 9.17) is 4.74 Å². The van der Waals surface area contributed by atoms with E-state index in [0.717, 1.165) is 15.9 Å². The summed E-state index contributed by atoms with van der Waals surface area (Å²) in [5.41, 5.74) is 0.947. The van der Waals surface area contributed by atoms with Crippen molar-refractivity contribution >= 4 is 15.7 Å². The van der Waals surface area contributed by atoms with Crippen LogP contribution in [-0.2, 0) is 16.6 Å². The summed E-state index contributed by atoms with van der Waals surface area (Å²) in [5, 5.41) is 11.0. The van der Waals surface area contributed by atoms with Gasteiger partial charge in [0.2, 0.25) is 10.0 Å². The lowest BCUT2D eigenvalue weighted by molar-refractivity contribution is -0.385. The van der Waals surface area contributed by atoms with Gasteiger partial charge in [0.25, 0.3) is 5.69 Å². The zero-order valence-corrected chi connectivity index (χ0v) is 14.4. The first-order valence-corrected chi connectivity index (χ1v) is 8.54. The average molecular weight is 350 g/mol. The molecule has 0 fully saturated rings. The van der Waals surface area contributed by atoms with Crippen molar-refractivity contribution in [3.8, 4) is 5.75 Å². The molecule has 0 aliphatic heterocycles. The topological polar surface area (TPSA) is 89.8 Å². The van der Waals surface area contributed by atoms with E-state index in [1.54, 1.807) is 31.2 Å². The van der Waals surface area contributed by atoms with Gasteiger partial charge in [0.1, 0.15) is 5.75 Å². The van der Waals surface area contributed by atoms with E-state index in [9.17, 15) is 18.5 Å². The Bertz CT molecular complexity index is 865. The molecule has 0 aliphatic rings. The van der Waals surface area contributed by atoms with Crippen LogP contribution < -0.4 is 4.74 Å². The van der Waals surface area contributed by atoms with Crippen molar-refractivity contribution in [1.29, 1.82) is 0 Å². The molecule has 128 valence electrons. The maximum Gasteiger partial charge on any atom is 0.273 e. The highest BCUT2D eigenvalue weighted by molar-refractivity contribution is 7.89. The third-order valence-corrected chi connectivity index (χ3v) is 5.42. The molecule has 0 heterocycles. The fourth-order valence-electron chi connectivity index (χ4n) is 2.24. The summed E-state index contributed by atoms with van der Waals surface area (Å²) in [6, 6.07) is 11.0. The van der Waals surface area contributed by atoms with Crippen LogP contribution in [0.15, 0.2) is 47.4 Å². The van der Waals surface area contributed by atoms with Crippen molar-refractivity contribution < 1.29 is 18.1 Å². The van der Waals surface area contributed by atoms with Gasteiger partial charge in [-0.1, -0.05) is 18.2 Å². The van der Waals surface area contributed by atoms with Crippen molar-refractivity contribution in [2.45, 2.75) is 18.4 Å². The molecule has 8 heteroatoms. The van der Waals surface area contributed by atoms with Gasteiger partial charge in [-0.05, 0) is 30.7 Å². The molecule has 0 aromatic heterocycles. The van der Waals surface area contributed by atoms with Crippen LogP contribution in [0.5, 0.6) is 5.75 Å². The van der Waals surface area contributed by atoms with Gasteiger partial charge in [-0.2, -0.15) is 4.31 Å². The molecule has 0 saturated carbocycles. The van der Waals surface area contributed by atoms with Crippen LogP contribution in [0.4, 0.5) is 5.69 Å². The van der Waals surface area contributed by atoms with E-state index in [-0.39, 0.29) is 17.1 Å². The molecule has 0 radical (unpaired) electrons. The van der Waals surface area contributed by atoms with Crippen LogP contribution in [0.3, 0.4) is 0 Å². The van der Waals surface area contributed by atoms with Gasteiger partial charge in [0.05, 0.1) is 16.9 Å². The second-order valence-corrected chi connectivity index (χ2v) is 7.36. The molecule has 0 saturated heterocycles. The summed E-state index contributed by atoms with van der Waals surface area (Å²) in [5.74, 6) is 0.629. The van der Waals surface area contributed by atoms with E-state index in [0.29, 0.717) is 11.3 Å². The van der Waals surface area contributed by atoms with Gasteiger partial charge in [-0.15, -0.1) is 0 Å². The van der Waals surface area contributed by atoms with Crippen LogP contribution in [0.2, 0.25) is 0 Å². The van der Waals surface area contributed by atoms with Gasteiger partial charge < -0.3 is 4.74 Å². The Kier molecular flexibility index (Phi) is 5.20. The molecule has 0 atom stereocenters. The van der Waals surface area contributed by atoms with E-state index in [1.165, 1.54) is 26.3 Å². The van der Waals surface area contributed by atoms with Crippen LogP contribution in [0.1, 0.15) is 11.1 Å². The Morgan fingerprint density at radius 3 is 2.54 bits per heavy atom. The normalized spacial score (nSPS) is 11.5. The summed E-state index contributed by atoms with van der Waals surface area (Å²) in [6.07, 6.45) is 0. The summed E-state index contributed by atoms with van der Waals surface area (Å²) in [4.78, 5) is 10.3. The average Bonchev–Trinajstić information content (AvgIpc) is 2.54. The lowest BCUT2D eigenvalue weighted by atomic mass is 10.2. The van der Waals surface area contributed by atoms with Gasteiger partial charge in [-0.25, -0.2) is 8.42 Å². The van der Waals surface area contributed by atoms with Gasteiger partial charge in [-0.3, -0.25) is 10.1 Å². The zero-order valence-electron chi connectivity index (χ0n) is 13.6. The molecule has 2 aromatic rings. The number of ether oxygens (including phenoxy) is 1. The van der Waals surface area contributed by atoms with Gasteiger partial charge in [0.15, 0.2) is 0 Å². The van der Waals surface area contributed by atoms with E-state index < -0.39 is 14.9 Å². The largest absolute Gasteiger partial charge is 0.497 e. The minimum absolute atomic E-state index is 0.106. The van der Waals surface area contributed by atoms with Crippen molar-refractivity contribution in [1.82, 2.24) is 4.31 Å². The predicted molar refractivity (Wildman–Crippen MR) is 89.5 cm³/mol. The Balaban J connectivity index is 2.32. The Hall–Kier alpha value is -2.45. The third-order valence-electron chi connectivity index (χ3n) is 3.62. The highest BCUT2D eigenvalue weighted by Gasteiger charge is 2.24. The number of hydrogen-bond acceptors (Lipinski definition) is 5. The molecule has 0 bridgehead atoms. The number of sulfonamides is 1. The summed E-state index contributed by atoms with van der Waals surface area (Å²) >= 11 is 0. The second-order valence-electron chi connectivity index (χ2n) is 5.32. The molecule has 2 rings (SSSR count). The monoisotopic (exact) mass is 350 g/mol. The zero-order chi connectivity index (χ0) is 17.9. The van der Waals surface area contributed by atoms with Crippen molar-refractivity contribution in [3.63, 3.8) is 0 Å². The first kappa shape index (κ1) is 17.9. The summed E-state index contributed by atoms with van der Waals surface area (Å²) in [7, 11) is -0.878. The fourth-order valence-corrected chi connectivity index (χ4v) is 3.42. The summed E-state index contributed by atoms with van der Waals surface area (Å²) < 4.78 is 31.6. The van der Waals surface area contributed by atoms with Crippen molar-refractivity contribution in [2.24, 2.45) is 0 Å². The molecule has 7 nitrogen and oxygen atoms in total. The molecule has 0 N–H and O–H groups in total. The smallest absolute Gasteiger partial charge is 0.273 e. The minimum atomic E-state index is -3.84. The number of benzene rings is 2. The van der Waals surface area contributed by atoms with Crippen LogP contribution in [-0.4, -0.2) is 31.8 Å². The Morgan fingerprint density at radius 2 is 1.92 bits per heavy atom. The quantitative estimate of drug-likeness (QED) is 0.590. The maximum atomic E-state index is 12.6. The molecule has 0 spiro atoms. The van der Waals surface area contributed by atoms with Crippen LogP contribution >= 0.6 is 0 Å². The molecule has 0 aliphatic carbocycles. The lowest BCUT2D eigenvalue weighted by Crippen LogP contribution is -2.26. The summed E-state index contributed by atoms with van der Waals surface area (Å²) in [6.45, 7) is 1.69. The molecule has 2 aromatic carbocycles. The highest BCUT2D eigenvalue weighted by atomic mass is 32.2. The number of nitrogens with zero attached hydrogens (tertiary/aromatic N) is 2. The number of nitro benzene ring substituents is 1. The second kappa shape index (κ2) is 6.98. The Labute approximate surface area is 140 Å². The molecular formula is C16H18N2O5S. The molecule has 0 unspecified atom stereocenters. The SMILES string of the molecule is COc1cccc(CN(C)S(=O)(=O)c2ccc(C)c([N+](=O)[O-])c2)c1. The van der Waals surface area contributed by atoms with Crippen LogP contribution in [0, 0.1) is 17.0 Å². The number of hydrogen-bond donors (Lipinski definition) is 0. The number of nitro groups is 1. The first-order chi connectivity index (χ1) is 11.3. The third kappa shape index (κ3) is 3.72. The van der Waals surface area contributed by atoms with Crippen LogP contribution in [0.25, 0.3) is 0 Å². The van der Waals surface area contributed by atoms with E-state index >= 15 is 0 Å².